The number of aryl methyl sites for hydroxylation is 1. The number of pyridine rings is 1. The molecule has 5 rings (SSSR count). The minimum absolute atomic E-state index is 0.0643. The van der Waals surface area contributed by atoms with Crippen LogP contribution >= 0.6 is 0 Å². The predicted molar refractivity (Wildman–Crippen MR) is 140 cm³/mol. The molecule has 3 heterocycles. The number of aromatic nitrogens is 5. The zero-order valence-corrected chi connectivity index (χ0v) is 21.4. The highest BCUT2D eigenvalue weighted by Gasteiger charge is 2.24. The molecule has 188 valence electrons. The number of rotatable bonds is 6. The maximum absolute atomic E-state index is 14.6. The lowest BCUT2D eigenvalue weighted by atomic mass is 9.87. The lowest BCUT2D eigenvalue weighted by Crippen LogP contribution is -2.33. The number of fused-ring (bicyclic) bond motifs is 2. The molecule has 36 heavy (non-hydrogen) atoms. The molecule has 9 heteroatoms. The first-order valence-corrected chi connectivity index (χ1v) is 12.4. The minimum Gasteiger partial charge on any atom is -0.340 e. The first-order valence-electron chi connectivity index (χ1n) is 12.4. The van der Waals surface area contributed by atoms with E-state index in [1.54, 1.807) is 21.6 Å². The summed E-state index contributed by atoms with van der Waals surface area (Å²) in [5.74, 6) is 1.11. The van der Waals surface area contributed by atoms with Gasteiger partial charge in [0.1, 0.15) is 5.82 Å². The van der Waals surface area contributed by atoms with Crippen molar-refractivity contribution >= 4 is 22.4 Å². The number of likely N-dealkylation sites (N-methyl/N-ethyl adjacent to an activating group) is 1. The number of benzene rings is 1. The van der Waals surface area contributed by atoms with Gasteiger partial charge in [-0.25, -0.2) is 28.7 Å². The van der Waals surface area contributed by atoms with E-state index in [9.17, 15) is 9.18 Å². The molecule has 1 unspecified atom stereocenters. The molecule has 3 aromatic heterocycles. The third-order valence-corrected chi connectivity index (χ3v) is 6.92. The van der Waals surface area contributed by atoms with E-state index in [1.807, 2.05) is 13.0 Å². The van der Waals surface area contributed by atoms with Crippen LogP contribution in [0.2, 0.25) is 0 Å². The van der Waals surface area contributed by atoms with Crippen LogP contribution < -0.4 is 10.9 Å². The molecule has 0 radical (unpaired) electrons. The SMILES string of the molecule is CCn1c(=O)c2cnc(Nc3ccc4c(c3)CC(N(C)C)CC4)cc2n1-c1ccnc(C(C)(C)F)n1. The Morgan fingerprint density at radius 2 is 1.97 bits per heavy atom. The third-order valence-electron chi connectivity index (χ3n) is 6.92. The van der Waals surface area contributed by atoms with Crippen molar-refractivity contribution < 1.29 is 4.39 Å². The second-order valence-corrected chi connectivity index (χ2v) is 10.1. The summed E-state index contributed by atoms with van der Waals surface area (Å²) in [5, 5.41) is 3.88. The summed E-state index contributed by atoms with van der Waals surface area (Å²) in [5.41, 5.74) is 2.46. The molecule has 1 atom stereocenters. The Balaban J connectivity index is 1.55. The predicted octanol–water partition coefficient (Wildman–Crippen LogP) is 4.36. The number of halogens is 1. The van der Waals surface area contributed by atoms with Crippen molar-refractivity contribution in [2.45, 2.75) is 58.3 Å². The van der Waals surface area contributed by atoms with Crippen LogP contribution in [0, 0.1) is 0 Å². The molecular formula is C27H32FN7O. The second-order valence-electron chi connectivity index (χ2n) is 10.1. The molecule has 0 bridgehead atoms. The van der Waals surface area contributed by atoms with E-state index in [0.717, 1.165) is 18.5 Å². The lowest BCUT2D eigenvalue weighted by Gasteiger charge is -2.30. The van der Waals surface area contributed by atoms with Crippen molar-refractivity contribution in [2.24, 2.45) is 0 Å². The Bertz CT molecular complexity index is 1480. The molecule has 0 saturated carbocycles. The third kappa shape index (κ3) is 4.39. The van der Waals surface area contributed by atoms with E-state index in [-0.39, 0.29) is 11.4 Å². The lowest BCUT2D eigenvalue weighted by molar-refractivity contribution is 0.206. The van der Waals surface area contributed by atoms with E-state index in [0.29, 0.717) is 35.1 Å². The molecule has 1 N–H and O–H groups in total. The molecule has 1 aliphatic rings. The Morgan fingerprint density at radius 3 is 2.69 bits per heavy atom. The van der Waals surface area contributed by atoms with Gasteiger partial charge < -0.3 is 10.2 Å². The van der Waals surface area contributed by atoms with Crippen LogP contribution in [0.1, 0.15) is 44.1 Å². The van der Waals surface area contributed by atoms with E-state index in [1.165, 1.54) is 37.6 Å². The van der Waals surface area contributed by atoms with E-state index in [4.69, 9.17) is 0 Å². The summed E-state index contributed by atoms with van der Waals surface area (Å²) in [4.78, 5) is 28.5. The summed E-state index contributed by atoms with van der Waals surface area (Å²) in [7, 11) is 4.27. The largest absolute Gasteiger partial charge is 0.340 e. The molecule has 0 saturated heterocycles. The quantitative estimate of drug-likeness (QED) is 0.433. The Kier molecular flexibility index (Phi) is 6.12. The van der Waals surface area contributed by atoms with E-state index >= 15 is 0 Å². The number of alkyl halides is 1. The average Bonchev–Trinajstić information content (AvgIpc) is 3.14. The fraction of sp³-hybridized carbons (Fsp3) is 0.407. The summed E-state index contributed by atoms with van der Waals surface area (Å²) >= 11 is 0. The van der Waals surface area contributed by atoms with Crippen molar-refractivity contribution in [1.29, 1.82) is 0 Å². The molecule has 1 aromatic carbocycles. The minimum atomic E-state index is -1.71. The van der Waals surface area contributed by atoms with Crippen LogP contribution in [0.3, 0.4) is 0 Å². The molecule has 0 fully saturated rings. The molecule has 0 aliphatic heterocycles. The molecule has 0 spiro atoms. The first-order chi connectivity index (χ1) is 17.2. The maximum Gasteiger partial charge on any atom is 0.276 e. The van der Waals surface area contributed by atoms with Gasteiger partial charge in [0.05, 0.1) is 10.9 Å². The van der Waals surface area contributed by atoms with Crippen molar-refractivity contribution in [3.63, 3.8) is 0 Å². The zero-order chi connectivity index (χ0) is 25.6. The molecule has 0 amide bonds. The summed E-state index contributed by atoms with van der Waals surface area (Å²) in [6.45, 7) is 5.14. The number of nitrogens with one attached hydrogen (secondary N) is 1. The number of hydrogen-bond donors (Lipinski definition) is 1. The van der Waals surface area contributed by atoms with E-state index < -0.39 is 5.67 Å². The van der Waals surface area contributed by atoms with Crippen LogP contribution in [0.15, 0.2) is 47.5 Å². The van der Waals surface area contributed by atoms with Crippen LogP contribution in [-0.2, 0) is 25.1 Å². The zero-order valence-electron chi connectivity index (χ0n) is 21.4. The first kappa shape index (κ1) is 24.1. The van der Waals surface area contributed by atoms with Crippen LogP contribution in [0.25, 0.3) is 16.7 Å². The summed E-state index contributed by atoms with van der Waals surface area (Å²) < 4.78 is 17.9. The van der Waals surface area contributed by atoms with Crippen LogP contribution in [-0.4, -0.2) is 49.4 Å². The van der Waals surface area contributed by atoms with Crippen LogP contribution in [0.4, 0.5) is 15.9 Å². The Morgan fingerprint density at radius 1 is 1.17 bits per heavy atom. The molecule has 1 aliphatic carbocycles. The van der Waals surface area contributed by atoms with Gasteiger partial charge in [-0.05, 0) is 77.4 Å². The van der Waals surface area contributed by atoms with Gasteiger partial charge in [-0.1, -0.05) is 6.07 Å². The van der Waals surface area contributed by atoms with Crippen molar-refractivity contribution in [1.82, 2.24) is 29.2 Å². The summed E-state index contributed by atoms with van der Waals surface area (Å²) in [6, 6.07) is 10.5. The average molecular weight is 490 g/mol. The normalized spacial score (nSPS) is 15.9. The topological polar surface area (TPSA) is 80.9 Å². The molecular weight excluding hydrogens is 457 g/mol. The van der Waals surface area contributed by atoms with Gasteiger partial charge in [-0.2, -0.15) is 0 Å². The number of anilines is 2. The van der Waals surface area contributed by atoms with Gasteiger partial charge in [0.25, 0.3) is 5.56 Å². The number of nitrogens with zero attached hydrogens (tertiary/aromatic N) is 6. The standard InChI is InChI=1S/C27H32FN7O/c1-6-34-25(36)21-16-30-23(15-22(21)35(34)24-11-12-29-26(32-24)27(2,3)28)31-19-9-7-17-8-10-20(33(4)5)14-18(17)13-19/h7,9,11-13,15-16,20H,6,8,10,14H2,1-5H3,(H,30,31). The second kappa shape index (κ2) is 9.13. The fourth-order valence-electron chi connectivity index (χ4n) is 4.90. The van der Waals surface area contributed by atoms with Crippen molar-refractivity contribution in [3.8, 4) is 5.82 Å². The van der Waals surface area contributed by atoms with E-state index in [2.05, 4.69) is 57.5 Å². The molecule has 8 nitrogen and oxygen atoms in total. The highest BCUT2D eigenvalue weighted by atomic mass is 19.1. The van der Waals surface area contributed by atoms with Gasteiger partial charge >= 0.3 is 0 Å². The highest BCUT2D eigenvalue weighted by molar-refractivity contribution is 5.82. The fourth-order valence-corrected chi connectivity index (χ4v) is 4.90. The molecule has 4 aromatic rings. The van der Waals surface area contributed by atoms with Gasteiger partial charge in [0.2, 0.25) is 0 Å². The van der Waals surface area contributed by atoms with Crippen molar-refractivity contribution in [3.05, 3.63) is 70.0 Å². The van der Waals surface area contributed by atoms with Gasteiger partial charge in [-0.3, -0.25) is 4.79 Å². The number of hydrogen-bond acceptors (Lipinski definition) is 6. The van der Waals surface area contributed by atoms with Gasteiger partial charge in [0.15, 0.2) is 17.3 Å². The highest BCUT2D eigenvalue weighted by Crippen LogP contribution is 2.28. The Labute approximate surface area is 209 Å². The Hall–Kier alpha value is -3.59. The van der Waals surface area contributed by atoms with Crippen LogP contribution in [0.5, 0.6) is 0 Å². The maximum atomic E-state index is 14.6. The monoisotopic (exact) mass is 489 g/mol. The van der Waals surface area contributed by atoms with Gasteiger partial charge in [-0.15, -0.1) is 0 Å². The smallest absolute Gasteiger partial charge is 0.276 e. The summed E-state index contributed by atoms with van der Waals surface area (Å²) in [6.07, 6.45) is 6.37. The van der Waals surface area contributed by atoms with Gasteiger partial charge in [0, 0.05) is 42.8 Å². The van der Waals surface area contributed by atoms with Crippen molar-refractivity contribution in [2.75, 3.05) is 19.4 Å².